The van der Waals surface area contributed by atoms with Crippen LogP contribution >= 0.6 is 0 Å². The van der Waals surface area contributed by atoms with Crippen molar-refractivity contribution < 1.29 is 24.5 Å². The number of aliphatic hydroxyl groups is 2. The van der Waals surface area contributed by atoms with Crippen molar-refractivity contribution in [2.24, 2.45) is 0 Å². The summed E-state index contributed by atoms with van der Waals surface area (Å²) >= 11 is 0. The van der Waals surface area contributed by atoms with E-state index in [1.54, 1.807) is 0 Å². The number of ether oxygens (including phenoxy) is 1. The minimum Gasteiger partial charge on any atom is -0.466 e. The minimum atomic E-state index is -0.681. The molecule has 0 aliphatic heterocycles. The number of allylic oxidation sites excluding steroid dienone is 6. The lowest BCUT2D eigenvalue weighted by atomic mass is 10.0. The zero-order valence-corrected chi connectivity index (χ0v) is 39.9. The average molecular weight is 844 g/mol. The van der Waals surface area contributed by atoms with E-state index in [4.69, 9.17) is 4.74 Å². The monoisotopic (exact) mass is 844 g/mol. The molecule has 0 aromatic rings. The van der Waals surface area contributed by atoms with Gasteiger partial charge in [0.1, 0.15) is 0 Å². The summed E-state index contributed by atoms with van der Waals surface area (Å²) in [6.45, 7) is 4.88. The van der Waals surface area contributed by atoms with Crippen molar-refractivity contribution in [1.29, 1.82) is 0 Å². The predicted octanol–water partition coefficient (Wildman–Crippen LogP) is 15.7. The molecule has 0 rings (SSSR count). The molecule has 0 fully saturated rings. The molecule has 0 aliphatic carbocycles. The van der Waals surface area contributed by atoms with Gasteiger partial charge in [-0.05, 0) is 83.5 Å². The fourth-order valence-corrected chi connectivity index (χ4v) is 7.84. The highest BCUT2D eigenvalue weighted by molar-refractivity contribution is 5.76. The largest absolute Gasteiger partial charge is 0.466 e. The van der Waals surface area contributed by atoms with E-state index in [9.17, 15) is 19.8 Å². The molecule has 3 N–H and O–H groups in total. The Bertz CT molecular complexity index is 977. The standard InChI is InChI=1S/C54H101NO5/c1-3-5-7-9-11-13-15-17-18-19-20-21-24-28-32-36-40-44-48-54(59)60-49-45-41-37-33-29-25-22-23-27-31-35-39-43-47-53(58)55-51(50-56)52(57)46-42-38-34-30-26-16-14-12-10-8-6-4-2/h13,15,18-19,23,27,51-52,56-57H,3-12,14,16-17,20-22,24-26,28-50H2,1-2H3,(H,55,58)/b15-13-,19-18-,27-23-. The van der Waals surface area contributed by atoms with E-state index in [0.29, 0.717) is 25.9 Å². The minimum absolute atomic E-state index is 0.0204. The second-order valence-corrected chi connectivity index (χ2v) is 17.8. The van der Waals surface area contributed by atoms with Gasteiger partial charge in [0.05, 0.1) is 25.4 Å². The summed E-state index contributed by atoms with van der Waals surface area (Å²) < 4.78 is 5.46. The van der Waals surface area contributed by atoms with E-state index < -0.39 is 12.1 Å². The van der Waals surface area contributed by atoms with Crippen molar-refractivity contribution in [2.45, 2.75) is 283 Å². The Balaban J connectivity index is 3.49. The number of unbranched alkanes of at least 4 members (excludes halogenated alkanes) is 31. The summed E-state index contributed by atoms with van der Waals surface area (Å²) in [6, 6.07) is -0.561. The molecule has 60 heavy (non-hydrogen) atoms. The molecule has 2 atom stereocenters. The average Bonchev–Trinajstić information content (AvgIpc) is 3.25. The normalized spacial score (nSPS) is 12.9. The van der Waals surface area contributed by atoms with Crippen molar-refractivity contribution in [3.63, 3.8) is 0 Å². The Hall–Kier alpha value is -1.92. The number of hydrogen-bond acceptors (Lipinski definition) is 5. The Morgan fingerprint density at radius 3 is 1.32 bits per heavy atom. The third-order valence-corrected chi connectivity index (χ3v) is 11.9. The molecular weight excluding hydrogens is 743 g/mol. The molecule has 0 bridgehead atoms. The molecule has 0 aromatic carbocycles. The van der Waals surface area contributed by atoms with Crippen LogP contribution in [0.3, 0.4) is 0 Å². The maximum Gasteiger partial charge on any atom is 0.305 e. The first-order valence-corrected chi connectivity index (χ1v) is 26.2. The topological polar surface area (TPSA) is 95.9 Å². The summed E-state index contributed by atoms with van der Waals surface area (Å²) in [5, 5.41) is 23.1. The highest BCUT2D eigenvalue weighted by Gasteiger charge is 2.20. The lowest BCUT2D eigenvalue weighted by molar-refractivity contribution is -0.143. The van der Waals surface area contributed by atoms with Crippen LogP contribution in [0.5, 0.6) is 0 Å². The first-order valence-electron chi connectivity index (χ1n) is 26.2. The van der Waals surface area contributed by atoms with Gasteiger partial charge in [-0.2, -0.15) is 0 Å². The molecule has 6 heteroatoms. The van der Waals surface area contributed by atoms with Crippen molar-refractivity contribution in [3.8, 4) is 0 Å². The summed E-state index contributed by atoms with van der Waals surface area (Å²) in [5.74, 6) is -0.0871. The Morgan fingerprint density at radius 1 is 0.467 bits per heavy atom. The molecule has 352 valence electrons. The molecule has 0 spiro atoms. The molecule has 0 saturated carbocycles. The number of nitrogens with one attached hydrogen (secondary N) is 1. The highest BCUT2D eigenvalue weighted by Crippen LogP contribution is 2.15. The van der Waals surface area contributed by atoms with Crippen molar-refractivity contribution in [1.82, 2.24) is 5.32 Å². The molecule has 0 heterocycles. The molecule has 0 aliphatic rings. The van der Waals surface area contributed by atoms with Gasteiger partial charge in [-0.1, -0.05) is 211 Å². The summed E-state index contributed by atoms with van der Waals surface area (Å²) in [6.07, 6.45) is 59.7. The molecule has 6 nitrogen and oxygen atoms in total. The van der Waals surface area contributed by atoms with Crippen molar-refractivity contribution in [3.05, 3.63) is 36.5 Å². The summed E-state index contributed by atoms with van der Waals surface area (Å²) in [7, 11) is 0. The van der Waals surface area contributed by atoms with Gasteiger partial charge in [-0.15, -0.1) is 0 Å². The van der Waals surface area contributed by atoms with E-state index in [-0.39, 0.29) is 18.5 Å². The van der Waals surface area contributed by atoms with Crippen LogP contribution in [0.1, 0.15) is 271 Å². The van der Waals surface area contributed by atoms with Crippen LogP contribution in [0.2, 0.25) is 0 Å². The number of carbonyl (C=O) groups excluding carboxylic acids is 2. The number of esters is 1. The molecular formula is C54H101NO5. The summed E-state index contributed by atoms with van der Waals surface area (Å²) in [4.78, 5) is 24.5. The number of rotatable bonds is 48. The maximum atomic E-state index is 12.4. The number of hydrogen-bond donors (Lipinski definition) is 3. The van der Waals surface area contributed by atoms with Gasteiger partial charge in [-0.25, -0.2) is 0 Å². The molecule has 1 amide bonds. The smallest absolute Gasteiger partial charge is 0.305 e. The third-order valence-electron chi connectivity index (χ3n) is 11.9. The van der Waals surface area contributed by atoms with Gasteiger partial charge < -0.3 is 20.3 Å². The van der Waals surface area contributed by atoms with Crippen LogP contribution in [0, 0.1) is 0 Å². The molecule has 0 aromatic heterocycles. The second kappa shape index (κ2) is 49.7. The SMILES string of the molecule is CCCCCC/C=C\C/C=C\CCCCCCCCCC(=O)OCCCCCCCC/C=C\CCCCCC(=O)NC(CO)C(O)CCCCCCCCCCCCCC. The highest BCUT2D eigenvalue weighted by atomic mass is 16.5. The predicted molar refractivity (Wildman–Crippen MR) is 259 cm³/mol. The number of aliphatic hydroxyl groups excluding tert-OH is 2. The van der Waals surface area contributed by atoms with Gasteiger partial charge in [0, 0.05) is 12.8 Å². The zero-order chi connectivity index (χ0) is 43.7. The van der Waals surface area contributed by atoms with Crippen LogP contribution in [-0.2, 0) is 14.3 Å². The van der Waals surface area contributed by atoms with Gasteiger partial charge >= 0.3 is 5.97 Å². The van der Waals surface area contributed by atoms with Crippen LogP contribution in [0.25, 0.3) is 0 Å². The molecule has 2 unspecified atom stereocenters. The summed E-state index contributed by atoms with van der Waals surface area (Å²) in [5.41, 5.74) is 0. The second-order valence-electron chi connectivity index (χ2n) is 17.8. The van der Waals surface area contributed by atoms with E-state index in [2.05, 4.69) is 55.6 Å². The van der Waals surface area contributed by atoms with Gasteiger partial charge in [0.15, 0.2) is 0 Å². The lowest BCUT2D eigenvalue weighted by Gasteiger charge is -2.22. The Morgan fingerprint density at radius 2 is 0.833 bits per heavy atom. The van der Waals surface area contributed by atoms with E-state index in [1.165, 1.54) is 161 Å². The van der Waals surface area contributed by atoms with E-state index >= 15 is 0 Å². The maximum absolute atomic E-state index is 12.4. The van der Waals surface area contributed by atoms with Crippen LogP contribution < -0.4 is 5.32 Å². The molecule has 0 radical (unpaired) electrons. The third kappa shape index (κ3) is 45.6. The van der Waals surface area contributed by atoms with Gasteiger partial charge in [0.2, 0.25) is 5.91 Å². The van der Waals surface area contributed by atoms with Crippen LogP contribution in [0.4, 0.5) is 0 Å². The van der Waals surface area contributed by atoms with Crippen LogP contribution in [0.15, 0.2) is 36.5 Å². The van der Waals surface area contributed by atoms with Crippen LogP contribution in [-0.4, -0.2) is 47.4 Å². The first-order chi connectivity index (χ1) is 29.5. The lowest BCUT2D eigenvalue weighted by Crippen LogP contribution is -2.45. The van der Waals surface area contributed by atoms with Gasteiger partial charge in [0.25, 0.3) is 0 Å². The molecule has 0 saturated heterocycles. The van der Waals surface area contributed by atoms with Crippen molar-refractivity contribution >= 4 is 11.9 Å². The van der Waals surface area contributed by atoms with E-state index in [1.807, 2.05) is 0 Å². The Kier molecular flexibility index (Phi) is 48.1. The number of amides is 1. The van der Waals surface area contributed by atoms with E-state index in [0.717, 1.165) is 77.0 Å². The zero-order valence-electron chi connectivity index (χ0n) is 39.9. The van der Waals surface area contributed by atoms with Gasteiger partial charge in [-0.3, -0.25) is 9.59 Å². The van der Waals surface area contributed by atoms with Crippen molar-refractivity contribution in [2.75, 3.05) is 13.2 Å². The fourth-order valence-electron chi connectivity index (χ4n) is 7.84. The Labute approximate surface area is 373 Å². The first kappa shape index (κ1) is 58.1. The number of carbonyl (C=O) groups is 2. The quantitative estimate of drug-likeness (QED) is 0.0322. The fraction of sp³-hybridized carbons (Fsp3) is 0.852.